The Morgan fingerprint density at radius 2 is 1.89 bits per heavy atom. The highest BCUT2D eigenvalue weighted by molar-refractivity contribution is 6.01. The van der Waals surface area contributed by atoms with Crippen molar-refractivity contribution in [2.45, 2.75) is 108 Å². The van der Waals surface area contributed by atoms with E-state index in [1.807, 2.05) is 7.05 Å². The van der Waals surface area contributed by atoms with Gasteiger partial charge >= 0.3 is 11.9 Å². The van der Waals surface area contributed by atoms with Gasteiger partial charge in [0.05, 0.1) is 7.05 Å². The lowest BCUT2D eigenvalue weighted by Crippen LogP contribution is -2.87. The minimum atomic E-state index is -0.466. The summed E-state index contributed by atoms with van der Waals surface area (Å²) in [7, 11) is 1.82. The second kappa shape index (κ2) is 10.1. The number of rotatable bonds is 9. The van der Waals surface area contributed by atoms with E-state index in [4.69, 9.17) is 5.73 Å². The van der Waals surface area contributed by atoms with E-state index in [0.29, 0.717) is 17.9 Å². The summed E-state index contributed by atoms with van der Waals surface area (Å²) in [6, 6.07) is 0.622. The minimum absolute atomic E-state index is 0.196. The molecule has 3 atom stereocenters. The lowest BCUT2D eigenvalue weighted by Gasteiger charge is -2.34. The fourth-order valence-corrected chi connectivity index (χ4v) is 5.79. The average molecular weight is 392 g/mol. The lowest BCUT2D eigenvalue weighted by molar-refractivity contribution is -0.535. The number of likely N-dealkylation sites (N-methyl/N-ethyl adjacent to an activating group) is 1. The first kappa shape index (κ1) is 21.6. The van der Waals surface area contributed by atoms with Gasteiger partial charge in [-0.15, -0.1) is 0 Å². The molecule has 1 amide bonds. The van der Waals surface area contributed by atoms with Gasteiger partial charge in [-0.3, -0.25) is 15.5 Å². The lowest BCUT2D eigenvalue weighted by atomic mass is 9.74. The van der Waals surface area contributed by atoms with Gasteiger partial charge in [0.2, 0.25) is 0 Å². The first-order chi connectivity index (χ1) is 13.5. The maximum atomic E-state index is 13.2. The van der Waals surface area contributed by atoms with Gasteiger partial charge in [0.1, 0.15) is 0 Å². The van der Waals surface area contributed by atoms with Crippen LogP contribution >= 0.6 is 0 Å². The van der Waals surface area contributed by atoms with Crippen molar-refractivity contribution < 1.29 is 9.79 Å². The molecule has 2 fully saturated rings. The summed E-state index contributed by atoms with van der Waals surface area (Å²) in [4.78, 5) is 18.3. The fourth-order valence-electron chi connectivity index (χ4n) is 5.79. The molecular weight excluding hydrogens is 348 g/mol. The van der Waals surface area contributed by atoms with Gasteiger partial charge in [0, 0.05) is 6.04 Å². The number of nitrogens with two attached hydrogens (primary N) is 1. The van der Waals surface area contributed by atoms with E-state index >= 15 is 0 Å². The third kappa shape index (κ3) is 5.28. The van der Waals surface area contributed by atoms with Crippen LogP contribution in [0.3, 0.4) is 0 Å². The maximum Gasteiger partial charge on any atom is 0.351 e. The van der Waals surface area contributed by atoms with Crippen LogP contribution < -0.4 is 16.0 Å². The molecule has 0 spiro atoms. The number of carbonyl (C=O) groups excluding carboxylic acids is 1. The van der Waals surface area contributed by atoms with Gasteiger partial charge in [-0.2, -0.15) is 0 Å². The summed E-state index contributed by atoms with van der Waals surface area (Å²) in [5, 5.41) is 3.76. The predicted molar refractivity (Wildman–Crippen MR) is 115 cm³/mol. The van der Waals surface area contributed by atoms with Gasteiger partial charge < -0.3 is 5.32 Å². The first-order valence-corrected chi connectivity index (χ1v) is 12.0. The molecule has 4 N–H and O–H groups in total. The zero-order valence-electron chi connectivity index (χ0n) is 18.3. The number of amides is 1. The van der Waals surface area contributed by atoms with Crippen LogP contribution in [0.1, 0.15) is 96.8 Å². The molecule has 5 heteroatoms. The topological polar surface area (TPSA) is 72.3 Å². The SMILES string of the molecule is CCCCN[C@@H]1CCC[C@@H](C[C@@]2(CCC3CCCCC3)[NH+]=C(N)N(C)C2=O)C1. The Morgan fingerprint density at radius 1 is 1.14 bits per heavy atom. The third-order valence-electron chi connectivity index (χ3n) is 7.53. The summed E-state index contributed by atoms with van der Waals surface area (Å²) in [5.41, 5.74) is 5.70. The Kier molecular flexibility index (Phi) is 7.78. The van der Waals surface area contributed by atoms with Crippen molar-refractivity contribution in [2.75, 3.05) is 13.6 Å². The number of nitrogens with one attached hydrogen (secondary N) is 2. The van der Waals surface area contributed by atoms with Crippen LogP contribution in [0, 0.1) is 11.8 Å². The minimum Gasteiger partial charge on any atom is -0.314 e. The number of nitrogens with zero attached hydrogens (tertiary/aromatic N) is 1. The first-order valence-electron chi connectivity index (χ1n) is 12.0. The number of hydrogen-bond donors (Lipinski definition) is 3. The molecule has 0 aromatic heterocycles. The van der Waals surface area contributed by atoms with E-state index in [9.17, 15) is 4.79 Å². The molecule has 2 aliphatic carbocycles. The zero-order valence-corrected chi connectivity index (χ0v) is 18.3. The largest absolute Gasteiger partial charge is 0.351 e. The number of guanidine groups is 1. The molecule has 5 nitrogen and oxygen atoms in total. The number of unbranched alkanes of at least 4 members (excludes halogenated alkanes) is 1. The third-order valence-corrected chi connectivity index (χ3v) is 7.53. The molecular formula is C23H43N4O+. The standard InChI is InChI=1S/C23H42N4O/c1-3-4-15-25-20-12-8-11-19(16-20)17-23(21(28)27(2)22(24)26-23)14-13-18-9-6-5-7-10-18/h18-20,25H,3-17H2,1-2H3,(H2,24,26)/p+1/t19-,20-,23-/m1/s1. The molecule has 0 radical (unpaired) electrons. The van der Waals surface area contributed by atoms with Crippen LogP contribution in [-0.2, 0) is 4.79 Å². The second-order valence-electron chi connectivity index (χ2n) is 9.74. The van der Waals surface area contributed by atoms with Crippen molar-refractivity contribution in [3.63, 3.8) is 0 Å². The van der Waals surface area contributed by atoms with Crippen molar-refractivity contribution in [3.8, 4) is 0 Å². The van der Waals surface area contributed by atoms with E-state index in [2.05, 4.69) is 17.2 Å². The molecule has 160 valence electrons. The normalized spacial score (nSPS) is 32.0. The van der Waals surface area contributed by atoms with E-state index in [0.717, 1.165) is 31.7 Å². The quantitative estimate of drug-likeness (QED) is 0.528. The van der Waals surface area contributed by atoms with E-state index in [1.54, 1.807) is 4.90 Å². The summed E-state index contributed by atoms with van der Waals surface area (Å²) in [6.07, 6.45) is 17.3. The van der Waals surface area contributed by atoms with Crippen LogP contribution in [0.2, 0.25) is 0 Å². The molecule has 0 unspecified atom stereocenters. The van der Waals surface area contributed by atoms with Crippen LogP contribution in [-0.4, -0.2) is 41.9 Å². The summed E-state index contributed by atoms with van der Waals surface area (Å²) in [5.74, 6) is 2.14. The average Bonchev–Trinajstić information content (AvgIpc) is 2.92. The van der Waals surface area contributed by atoms with E-state index in [1.165, 1.54) is 70.6 Å². The summed E-state index contributed by atoms with van der Waals surface area (Å²) in [6.45, 7) is 3.37. The second-order valence-corrected chi connectivity index (χ2v) is 9.74. The molecule has 1 aliphatic heterocycles. The van der Waals surface area contributed by atoms with Crippen molar-refractivity contribution in [1.29, 1.82) is 0 Å². The van der Waals surface area contributed by atoms with Crippen LogP contribution in [0.15, 0.2) is 0 Å². The molecule has 2 saturated carbocycles. The number of carbonyl (C=O) groups is 1. The highest BCUT2D eigenvalue weighted by Crippen LogP contribution is 2.35. The van der Waals surface area contributed by atoms with Crippen molar-refractivity contribution in [2.24, 2.45) is 17.6 Å². The molecule has 0 bridgehead atoms. The summed E-state index contributed by atoms with van der Waals surface area (Å²) < 4.78 is 0. The monoisotopic (exact) mass is 391 g/mol. The Bertz CT molecular complexity index is 543. The highest BCUT2D eigenvalue weighted by atomic mass is 16.2. The van der Waals surface area contributed by atoms with Crippen molar-refractivity contribution in [3.05, 3.63) is 0 Å². The summed E-state index contributed by atoms with van der Waals surface area (Å²) >= 11 is 0. The van der Waals surface area contributed by atoms with Crippen LogP contribution in [0.25, 0.3) is 0 Å². The number of hydrogen-bond acceptors (Lipinski definition) is 3. The van der Waals surface area contributed by atoms with Gasteiger partial charge in [-0.05, 0) is 56.9 Å². The molecule has 0 aromatic carbocycles. The van der Waals surface area contributed by atoms with Crippen LogP contribution in [0.4, 0.5) is 0 Å². The van der Waals surface area contributed by atoms with Gasteiger partial charge in [0.15, 0.2) is 5.54 Å². The molecule has 1 heterocycles. The van der Waals surface area contributed by atoms with Crippen molar-refractivity contribution >= 4 is 11.9 Å². The maximum absolute atomic E-state index is 13.2. The highest BCUT2D eigenvalue weighted by Gasteiger charge is 2.51. The van der Waals surface area contributed by atoms with Gasteiger partial charge in [-0.25, -0.2) is 4.90 Å². The molecule has 0 aromatic rings. The molecule has 28 heavy (non-hydrogen) atoms. The van der Waals surface area contributed by atoms with E-state index in [-0.39, 0.29) is 5.91 Å². The van der Waals surface area contributed by atoms with E-state index < -0.39 is 5.54 Å². The van der Waals surface area contributed by atoms with Gasteiger partial charge in [0.25, 0.3) is 0 Å². The Morgan fingerprint density at radius 3 is 2.57 bits per heavy atom. The zero-order chi connectivity index (χ0) is 20.0. The molecule has 3 rings (SSSR count). The predicted octanol–water partition coefficient (Wildman–Crippen LogP) is 2.29. The Balaban J connectivity index is 1.63. The fraction of sp³-hybridized carbons (Fsp3) is 0.913. The molecule has 3 aliphatic rings. The van der Waals surface area contributed by atoms with Crippen molar-refractivity contribution in [1.82, 2.24) is 10.2 Å². The van der Waals surface area contributed by atoms with Crippen LogP contribution in [0.5, 0.6) is 0 Å². The Labute approximate surface area is 171 Å². The Hall–Kier alpha value is -1.10. The molecule has 0 saturated heterocycles. The smallest absolute Gasteiger partial charge is 0.314 e. The van der Waals surface area contributed by atoms with Gasteiger partial charge in [-0.1, -0.05) is 58.3 Å².